The van der Waals surface area contributed by atoms with E-state index in [1.807, 2.05) is 0 Å². The van der Waals surface area contributed by atoms with Crippen LogP contribution in [-0.4, -0.2) is 20.2 Å². The molecule has 2 rings (SSSR count). The summed E-state index contributed by atoms with van der Waals surface area (Å²) in [6.07, 6.45) is 3.68. The van der Waals surface area contributed by atoms with Crippen LogP contribution in [0.4, 0.5) is 5.69 Å². The molecule has 1 heterocycles. The standard InChI is InChI=1S/C17H27NO/c1-5-14-12-16(6-7-17(14)19-4)18-10-8-15(9-11-18)13(2)3/h6-7,12-13,15H,5,8-11H2,1-4H3. The molecule has 2 nitrogen and oxygen atoms in total. The van der Waals surface area contributed by atoms with E-state index < -0.39 is 0 Å². The Morgan fingerprint density at radius 2 is 1.95 bits per heavy atom. The average molecular weight is 261 g/mol. The summed E-state index contributed by atoms with van der Waals surface area (Å²) in [4.78, 5) is 2.53. The monoisotopic (exact) mass is 261 g/mol. The zero-order valence-electron chi connectivity index (χ0n) is 12.8. The Bertz CT molecular complexity index is 406. The highest BCUT2D eigenvalue weighted by Crippen LogP contribution is 2.30. The maximum Gasteiger partial charge on any atom is 0.122 e. The summed E-state index contributed by atoms with van der Waals surface area (Å²) in [5, 5.41) is 0. The van der Waals surface area contributed by atoms with Gasteiger partial charge in [-0.3, -0.25) is 0 Å². The summed E-state index contributed by atoms with van der Waals surface area (Å²) in [5.41, 5.74) is 2.67. The van der Waals surface area contributed by atoms with Gasteiger partial charge < -0.3 is 9.64 Å². The van der Waals surface area contributed by atoms with Gasteiger partial charge >= 0.3 is 0 Å². The van der Waals surface area contributed by atoms with E-state index in [0.717, 1.165) is 24.0 Å². The molecule has 0 aliphatic carbocycles. The van der Waals surface area contributed by atoms with Crippen molar-refractivity contribution in [3.05, 3.63) is 23.8 Å². The summed E-state index contributed by atoms with van der Waals surface area (Å²) < 4.78 is 5.41. The second-order valence-corrected chi connectivity index (χ2v) is 5.92. The number of anilines is 1. The molecular weight excluding hydrogens is 234 g/mol. The SMILES string of the molecule is CCc1cc(N2CCC(C(C)C)CC2)ccc1OC. The lowest BCUT2D eigenvalue weighted by molar-refractivity contribution is 0.311. The van der Waals surface area contributed by atoms with Crippen molar-refractivity contribution in [1.82, 2.24) is 0 Å². The molecular formula is C17H27NO. The van der Waals surface area contributed by atoms with Crippen LogP contribution in [0.3, 0.4) is 0 Å². The molecule has 2 heteroatoms. The molecule has 0 amide bonds. The average Bonchev–Trinajstić information content (AvgIpc) is 2.46. The fourth-order valence-corrected chi connectivity index (χ4v) is 3.06. The van der Waals surface area contributed by atoms with Crippen molar-refractivity contribution in [3.8, 4) is 5.75 Å². The molecule has 0 N–H and O–H groups in total. The first kappa shape index (κ1) is 14.2. The zero-order chi connectivity index (χ0) is 13.8. The van der Waals surface area contributed by atoms with Gasteiger partial charge in [-0.2, -0.15) is 0 Å². The lowest BCUT2D eigenvalue weighted by Crippen LogP contribution is -2.35. The summed E-state index contributed by atoms with van der Waals surface area (Å²) in [6, 6.07) is 6.62. The second-order valence-electron chi connectivity index (χ2n) is 5.92. The first-order valence-electron chi connectivity index (χ1n) is 7.57. The lowest BCUT2D eigenvalue weighted by Gasteiger charge is -2.35. The van der Waals surface area contributed by atoms with E-state index >= 15 is 0 Å². The number of rotatable bonds is 4. The van der Waals surface area contributed by atoms with Crippen molar-refractivity contribution in [2.24, 2.45) is 11.8 Å². The van der Waals surface area contributed by atoms with Crippen LogP contribution in [-0.2, 0) is 6.42 Å². The second kappa shape index (κ2) is 6.31. The summed E-state index contributed by atoms with van der Waals surface area (Å²) in [6.45, 7) is 9.27. The van der Waals surface area contributed by atoms with Crippen LogP contribution >= 0.6 is 0 Å². The predicted molar refractivity (Wildman–Crippen MR) is 82.1 cm³/mol. The smallest absolute Gasteiger partial charge is 0.122 e. The Balaban J connectivity index is 2.07. The molecule has 0 bridgehead atoms. The van der Waals surface area contributed by atoms with Crippen molar-refractivity contribution in [2.45, 2.75) is 40.0 Å². The van der Waals surface area contributed by atoms with Crippen LogP contribution in [0.5, 0.6) is 5.75 Å². The van der Waals surface area contributed by atoms with E-state index in [0.29, 0.717) is 0 Å². The summed E-state index contributed by atoms with van der Waals surface area (Å²) in [7, 11) is 1.75. The van der Waals surface area contributed by atoms with Crippen LogP contribution < -0.4 is 9.64 Å². The molecule has 0 atom stereocenters. The van der Waals surface area contributed by atoms with Crippen LogP contribution in [0, 0.1) is 11.8 Å². The normalized spacial score (nSPS) is 17.0. The molecule has 1 aromatic rings. The van der Waals surface area contributed by atoms with Gasteiger partial charge in [0.25, 0.3) is 0 Å². The van der Waals surface area contributed by atoms with Gasteiger partial charge in [-0.25, -0.2) is 0 Å². The molecule has 0 unspecified atom stereocenters. The molecule has 1 fully saturated rings. The topological polar surface area (TPSA) is 12.5 Å². The molecule has 1 aromatic carbocycles. The van der Waals surface area contributed by atoms with Crippen molar-refractivity contribution < 1.29 is 4.74 Å². The third kappa shape index (κ3) is 3.23. The van der Waals surface area contributed by atoms with E-state index in [4.69, 9.17) is 4.74 Å². The van der Waals surface area contributed by atoms with Crippen molar-refractivity contribution in [3.63, 3.8) is 0 Å². The minimum atomic E-state index is 0.823. The number of nitrogens with zero attached hydrogens (tertiary/aromatic N) is 1. The fraction of sp³-hybridized carbons (Fsp3) is 0.647. The van der Waals surface area contributed by atoms with Crippen LogP contribution in [0.2, 0.25) is 0 Å². The number of aryl methyl sites for hydroxylation is 1. The van der Waals surface area contributed by atoms with Crippen molar-refractivity contribution in [2.75, 3.05) is 25.1 Å². The highest BCUT2D eigenvalue weighted by Gasteiger charge is 2.22. The molecule has 0 saturated carbocycles. The van der Waals surface area contributed by atoms with Crippen LogP contribution in [0.25, 0.3) is 0 Å². The third-order valence-electron chi connectivity index (χ3n) is 4.49. The number of piperidine rings is 1. The summed E-state index contributed by atoms with van der Waals surface area (Å²) in [5.74, 6) is 2.74. The first-order chi connectivity index (χ1) is 9.15. The molecule has 0 spiro atoms. The Morgan fingerprint density at radius 1 is 1.26 bits per heavy atom. The van der Waals surface area contributed by atoms with Crippen molar-refractivity contribution >= 4 is 5.69 Å². The maximum absolute atomic E-state index is 5.41. The largest absolute Gasteiger partial charge is 0.496 e. The molecule has 106 valence electrons. The van der Waals surface area contributed by atoms with Gasteiger partial charge in [-0.05, 0) is 54.9 Å². The number of hydrogen-bond donors (Lipinski definition) is 0. The lowest BCUT2D eigenvalue weighted by atomic mass is 9.86. The predicted octanol–water partition coefficient (Wildman–Crippen LogP) is 4.13. The van der Waals surface area contributed by atoms with E-state index in [-0.39, 0.29) is 0 Å². The number of hydrogen-bond acceptors (Lipinski definition) is 2. The minimum Gasteiger partial charge on any atom is -0.496 e. The highest BCUT2D eigenvalue weighted by molar-refractivity contribution is 5.53. The minimum absolute atomic E-state index is 0.823. The van der Waals surface area contributed by atoms with E-state index in [2.05, 4.69) is 43.9 Å². The third-order valence-corrected chi connectivity index (χ3v) is 4.49. The van der Waals surface area contributed by atoms with Gasteiger partial charge in [0.15, 0.2) is 0 Å². The van der Waals surface area contributed by atoms with Crippen LogP contribution in [0.1, 0.15) is 39.2 Å². The van der Waals surface area contributed by atoms with Gasteiger partial charge in [0.1, 0.15) is 5.75 Å². The van der Waals surface area contributed by atoms with E-state index in [1.165, 1.54) is 37.2 Å². The molecule has 19 heavy (non-hydrogen) atoms. The number of methoxy groups -OCH3 is 1. The zero-order valence-corrected chi connectivity index (χ0v) is 12.8. The fourth-order valence-electron chi connectivity index (χ4n) is 3.06. The quantitative estimate of drug-likeness (QED) is 0.808. The van der Waals surface area contributed by atoms with Gasteiger partial charge in [0.2, 0.25) is 0 Å². The van der Waals surface area contributed by atoms with Crippen LogP contribution in [0.15, 0.2) is 18.2 Å². The van der Waals surface area contributed by atoms with Gasteiger partial charge in [-0.1, -0.05) is 20.8 Å². The van der Waals surface area contributed by atoms with Gasteiger partial charge in [0, 0.05) is 18.8 Å². The Morgan fingerprint density at radius 3 is 2.47 bits per heavy atom. The van der Waals surface area contributed by atoms with Gasteiger partial charge in [0.05, 0.1) is 7.11 Å². The summed E-state index contributed by atoms with van der Waals surface area (Å²) >= 11 is 0. The van der Waals surface area contributed by atoms with E-state index in [1.54, 1.807) is 7.11 Å². The Hall–Kier alpha value is -1.18. The maximum atomic E-state index is 5.41. The molecule has 0 radical (unpaired) electrons. The van der Waals surface area contributed by atoms with Gasteiger partial charge in [-0.15, -0.1) is 0 Å². The molecule has 0 aromatic heterocycles. The number of benzene rings is 1. The van der Waals surface area contributed by atoms with E-state index in [9.17, 15) is 0 Å². The van der Waals surface area contributed by atoms with Crippen molar-refractivity contribution in [1.29, 1.82) is 0 Å². The number of ether oxygens (including phenoxy) is 1. The molecule has 1 aliphatic heterocycles. The Kier molecular flexibility index (Phi) is 4.73. The molecule has 1 aliphatic rings. The highest BCUT2D eigenvalue weighted by atomic mass is 16.5. The molecule has 1 saturated heterocycles. The first-order valence-corrected chi connectivity index (χ1v) is 7.57. The Labute approximate surface area is 117 Å².